The molecule has 0 heterocycles. The van der Waals surface area contributed by atoms with Gasteiger partial charge in [-0.1, -0.05) is 24.3 Å². The van der Waals surface area contributed by atoms with Gasteiger partial charge in [0, 0.05) is 20.6 Å². The third-order valence-corrected chi connectivity index (χ3v) is 1.95. The van der Waals surface area contributed by atoms with Gasteiger partial charge in [0.1, 0.15) is 0 Å². The maximum Gasteiger partial charge on any atom is 0.197 e. The number of benzene rings is 1. The Morgan fingerprint density at radius 1 is 1.31 bits per heavy atom. The molecule has 0 aromatic heterocycles. The second kappa shape index (κ2) is 5.75. The zero-order chi connectivity index (χ0) is 12.0. The molecule has 0 aliphatic carbocycles. The summed E-state index contributed by atoms with van der Waals surface area (Å²) in [6, 6.07) is 10.4. The van der Waals surface area contributed by atoms with E-state index in [0.29, 0.717) is 6.54 Å². The van der Waals surface area contributed by atoms with Gasteiger partial charge >= 0.3 is 0 Å². The van der Waals surface area contributed by atoms with Crippen LogP contribution in [0, 0.1) is 16.9 Å². The van der Waals surface area contributed by atoms with E-state index in [2.05, 4.69) is 16.7 Å². The van der Waals surface area contributed by atoms with Crippen LogP contribution in [0.3, 0.4) is 0 Å². The van der Waals surface area contributed by atoms with Crippen LogP contribution in [0.15, 0.2) is 24.3 Å². The Bertz CT molecular complexity index is 358. The molecule has 1 rings (SSSR count). The molecule has 0 bridgehead atoms. The summed E-state index contributed by atoms with van der Waals surface area (Å²) in [5.74, 6) is 0.297. The monoisotopic (exact) mass is 218 g/mol. The fourth-order valence-corrected chi connectivity index (χ4v) is 1.00. The molecule has 0 atom stereocenters. The summed E-state index contributed by atoms with van der Waals surface area (Å²) in [4.78, 5) is 1.59. The van der Waals surface area contributed by atoms with E-state index in [1.807, 2.05) is 24.3 Å². The van der Waals surface area contributed by atoms with Gasteiger partial charge in [0.2, 0.25) is 0 Å². The maximum absolute atomic E-state index is 7.56. The first kappa shape index (κ1) is 12.0. The van der Waals surface area contributed by atoms with Crippen LogP contribution in [0.4, 0.5) is 0 Å². The van der Waals surface area contributed by atoms with Crippen LogP contribution >= 0.6 is 0 Å². The predicted octanol–water partition coefficient (Wildman–Crippen LogP) is 0.597. The second-order valence-electron chi connectivity index (χ2n) is 3.50. The molecule has 0 unspecified atom stereocenters. The molecule has 85 valence electrons. The molecule has 0 spiro atoms. The molecule has 0 aliphatic heterocycles. The number of nitrogens with zero attached hydrogens (tertiary/aromatic N) is 1. The first-order valence-corrected chi connectivity index (χ1v) is 4.90. The summed E-state index contributed by atoms with van der Waals surface area (Å²) in [7, 11) is 3.49. The molecule has 16 heavy (non-hydrogen) atoms. The number of guanidine groups is 2. The lowest BCUT2D eigenvalue weighted by Gasteiger charge is -2.16. The average Bonchev–Trinajstić information content (AvgIpc) is 2.27. The molecule has 4 N–H and O–H groups in total. The fraction of sp³-hybridized carbons (Fsp3) is 0.273. The summed E-state index contributed by atoms with van der Waals surface area (Å²) in [6.45, 7) is 0.557. The molecule has 1 aromatic carbocycles. The first-order valence-electron chi connectivity index (χ1n) is 4.90. The van der Waals surface area contributed by atoms with Crippen LogP contribution in [0.2, 0.25) is 0 Å². The summed E-state index contributed by atoms with van der Waals surface area (Å²) in [5.41, 5.74) is 1.07. The third kappa shape index (κ3) is 4.00. The number of hydrogen-bond acceptors (Lipinski definition) is 2. The molecule has 0 saturated heterocycles. The van der Waals surface area contributed by atoms with E-state index in [-0.39, 0.29) is 11.9 Å². The third-order valence-electron chi connectivity index (χ3n) is 1.95. The van der Waals surface area contributed by atoms with E-state index < -0.39 is 0 Å². The zero-order valence-corrected chi connectivity index (χ0v) is 9.46. The Labute approximate surface area is 95.5 Å². The minimum atomic E-state index is 0.117. The van der Waals surface area contributed by atoms with Crippen molar-refractivity contribution in [2.45, 2.75) is 6.54 Å². The normalized spacial score (nSPS) is 9.38. The lowest BCUT2D eigenvalue weighted by molar-refractivity contribution is 0.597. The van der Waals surface area contributed by atoms with E-state index in [4.69, 9.17) is 10.8 Å². The molecule has 0 aliphatic rings. The molecule has 0 amide bonds. The Morgan fingerprint density at radius 3 is 2.50 bits per heavy atom. The van der Waals surface area contributed by atoms with Crippen molar-refractivity contribution in [2.24, 2.45) is 0 Å². The van der Waals surface area contributed by atoms with E-state index in [1.54, 1.807) is 19.0 Å². The molecule has 1 aromatic rings. The quantitative estimate of drug-likeness (QED) is 0.434. The van der Waals surface area contributed by atoms with Crippen molar-refractivity contribution in [3.05, 3.63) is 35.9 Å². The highest BCUT2D eigenvalue weighted by Crippen LogP contribution is 1.95. The van der Waals surface area contributed by atoms with Crippen LogP contribution in [0.1, 0.15) is 5.56 Å². The van der Waals surface area contributed by atoms with Crippen molar-refractivity contribution in [1.82, 2.24) is 15.5 Å². The minimum absolute atomic E-state index is 0.117. The topological polar surface area (TPSA) is 75.0 Å². The lowest BCUT2D eigenvalue weighted by atomic mass is 10.2. The highest BCUT2D eigenvalue weighted by molar-refractivity contribution is 5.95. The molecule has 5 heteroatoms. The van der Waals surface area contributed by atoms with E-state index in [1.165, 1.54) is 0 Å². The largest absolute Gasteiger partial charge is 0.352 e. The Hall–Kier alpha value is -2.04. The summed E-state index contributed by atoms with van der Waals surface area (Å²) in [6.07, 6.45) is 0. The Balaban J connectivity index is 2.34. The van der Waals surface area contributed by atoms with Crippen molar-refractivity contribution in [3.63, 3.8) is 0 Å². The van der Waals surface area contributed by atoms with Crippen molar-refractivity contribution in [2.75, 3.05) is 14.1 Å². The van der Waals surface area contributed by atoms with Crippen LogP contribution in [-0.4, -0.2) is 30.9 Å². The highest BCUT2D eigenvalue weighted by Gasteiger charge is 2.01. The second-order valence-corrected chi connectivity index (χ2v) is 3.50. The summed E-state index contributed by atoms with van der Waals surface area (Å²) < 4.78 is 0. The van der Waals surface area contributed by atoms with Crippen LogP contribution in [0.5, 0.6) is 0 Å². The van der Waals surface area contributed by atoms with Gasteiger partial charge in [0.05, 0.1) is 0 Å². The van der Waals surface area contributed by atoms with Gasteiger partial charge < -0.3 is 10.2 Å². The van der Waals surface area contributed by atoms with E-state index >= 15 is 0 Å². The molecular weight excluding hydrogens is 202 g/mol. The zero-order valence-electron chi connectivity index (χ0n) is 9.46. The van der Waals surface area contributed by atoms with E-state index in [0.717, 1.165) is 5.56 Å². The van der Waals surface area contributed by atoms with Crippen molar-refractivity contribution < 1.29 is 0 Å². The first-order chi connectivity index (χ1) is 7.59. The standard InChI is InChI=1S/C11H16N5/c1-16(2)11(13)15-10(12)14-8-9-6-4-3-5-7-9/h4-7H,8H2,1-2H3,(H4,12,13,14,15). The Morgan fingerprint density at radius 2 is 1.94 bits per heavy atom. The number of hydrogen-bond donors (Lipinski definition) is 4. The fourth-order valence-electron chi connectivity index (χ4n) is 1.00. The number of nitrogens with one attached hydrogen (secondary N) is 4. The van der Waals surface area contributed by atoms with Gasteiger partial charge in [-0.15, -0.1) is 0 Å². The van der Waals surface area contributed by atoms with Crippen LogP contribution in [0.25, 0.3) is 0 Å². The van der Waals surface area contributed by atoms with Gasteiger partial charge in [-0.05, 0) is 11.6 Å². The highest BCUT2D eigenvalue weighted by atomic mass is 15.3. The van der Waals surface area contributed by atoms with Crippen LogP contribution in [-0.2, 0) is 6.54 Å². The van der Waals surface area contributed by atoms with Gasteiger partial charge in [0.25, 0.3) is 0 Å². The summed E-state index contributed by atoms with van der Waals surface area (Å²) >= 11 is 0. The van der Waals surface area contributed by atoms with Crippen molar-refractivity contribution in [1.29, 1.82) is 10.8 Å². The maximum atomic E-state index is 7.56. The molecule has 1 radical (unpaired) electrons. The number of rotatable bonds is 2. The summed E-state index contributed by atoms with van der Waals surface area (Å²) in [5, 5.41) is 20.5. The SMILES string of the molecule is CN(C)C(=N)NC(=N)NCc1cc[c]cc1. The van der Waals surface area contributed by atoms with Gasteiger partial charge in [-0.2, -0.15) is 0 Å². The lowest BCUT2D eigenvalue weighted by Crippen LogP contribution is -2.45. The van der Waals surface area contributed by atoms with Crippen LogP contribution < -0.4 is 10.6 Å². The minimum Gasteiger partial charge on any atom is -0.352 e. The predicted molar refractivity (Wildman–Crippen MR) is 64.4 cm³/mol. The van der Waals surface area contributed by atoms with E-state index in [9.17, 15) is 0 Å². The van der Waals surface area contributed by atoms with Crippen molar-refractivity contribution in [3.8, 4) is 0 Å². The average molecular weight is 218 g/mol. The Kier molecular flexibility index (Phi) is 4.32. The van der Waals surface area contributed by atoms with Gasteiger partial charge in [-0.25, -0.2) is 0 Å². The molecule has 5 nitrogen and oxygen atoms in total. The van der Waals surface area contributed by atoms with Gasteiger partial charge in [-0.3, -0.25) is 16.1 Å². The molecular formula is C11H16N5. The molecule has 0 fully saturated rings. The van der Waals surface area contributed by atoms with Gasteiger partial charge in [0.15, 0.2) is 11.9 Å². The molecule has 0 saturated carbocycles. The van der Waals surface area contributed by atoms with Crippen molar-refractivity contribution >= 4 is 11.9 Å². The smallest absolute Gasteiger partial charge is 0.197 e.